The third-order valence-electron chi connectivity index (χ3n) is 3.83. The number of aromatic carboxylic acids is 1. The van der Waals surface area contributed by atoms with Gasteiger partial charge in [0.2, 0.25) is 0 Å². The summed E-state index contributed by atoms with van der Waals surface area (Å²) in [6, 6.07) is 2.77. The van der Waals surface area contributed by atoms with Crippen LogP contribution in [0.15, 0.2) is 17.5 Å². The summed E-state index contributed by atoms with van der Waals surface area (Å²) in [5.41, 5.74) is 1.62. The Balaban J connectivity index is 1.79. The van der Waals surface area contributed by atoms with Crippen LogP contribution in [0.25, 0.3) is 0 Å². The van der Waals surface area contributed by atoms with Gasteiger partial charge >= 0.3 is 5.97 Å². The first-order chi connectivity index (χ1) is 11.0. The van der Waals surface area contributed by atoms with Gasteiger partial charge in [-0.3, -0.25) is 4.79 Å². The van der Waals surface area contributed by atoms with Crippen molar-refractivity contribution >= 4 is 23.2 Å². The van der Waals surface area contributed by atoms with Gasteiger partial charge in [0, 0.05) is 11.1 Å². The Morgan fingerprint density at radius 2 is 2.04 bits per heavy atom. The Bertz CT molecular complexity index is 768. The van der Waals surface area contributed by atoms with Crippen molar-refractivity contribution in [2.75, 3.05) is 0 Å². The molecule has 1 aliphatic carbocycles. The highest BCUT2D eigenvalue weighted by atomic mass is 32.1. The van der Waals surface area contributed by atoms with Crippen LogP contribution in [-0.2, 0) is 0 Å². The summed E-state index contributed by atoms with van der Waals surface area (Å²) in [5.74, 6) is -0.922. The Morgan fingerprint density at radius 3 is 2.57 bits per heavy atom. The van der Waals surface area contributed by atoms with Gasteiger partial charge in [-0.05, 0) is 44.7 Å². The number of amides is 1. The van der Waals surface area contributed by atoms with Crippen LogP contribution in [0.2, 0.25) is 0 Å². The number of carboxylic acid groups (broad SMARTS) is 1. The van der Waals surface area contributed by atoms with E-state index in [4.69, 9.17) is 5.11 Å². The molecule has 0 saturated heterocycles. The topological polar surface area (TPSA) is 92.2 Å². The van der Waals surface area contributed by atoms with Crippen molar-refractivity contribution in [2.24, 2.45) is 5.92 Å². The first-order valence-corrected chi connectivity index (χ1v) is 8.27. The third kappa shape index (κ3) is 3.39. The average molecular weight is 331 g/mol. The maximum atomic E-state index is 12.5. The fourth-order valence-corrected chi connectivity index (χ4v) is 3.39. The van der Waals surface area contributed by atoms with Crippen molar-refractivity contribution in [1.82, 2.24) is 15.3 Å². The minimum atomic E-state index is -1.05. The Morgan fingerprint density at radius 1 is 1.30 bits per heavy atom. The van der Waals surface area contributed by atoms with Crippen molar-refractivity contribution in [1.29, 1.82) is 0 Å². The minimum absolute atomic E-state index is 0.0949. The zero-order valence-electron chi connectivity index (χ0n) is 12.9. The van der Waals surface area contributed by atoms with Crippen LogP contribution in [0.3, 0.4) is 0 Å². The zero-order chi connectivity index (χ0) is 16.6. The van der Waals surface area contributed by atoms with E-state index in [0.29, 0.717) is 11.6 Å². The number of rotatable bonds is 5. The summed E-state index contributed by atoms with van der Waals surface area (Å²) in [6.07, 6.45) is 2.15. The quantitative estimate of drug-likeness (QED) is 0.879. The number of aromatic nitrogens is 2. The third-order valence-corrected chi connectivity index (χ3v) is 4.88. The molecule has 2 aromatic heterocycles. The first kappa shape index (κ1) is 15.6. The maximum absolute atomic E-state index is 12.5. The van der Waals surface area contributed by atoms with Crippen LogP contribution in [0.1, 0.15) is 56.1 Å². The molecule has 2 aromatic rings. The van der Waals surface area contributed by atoms with E-state index >= 15 is 0 Å². The number of hydrogen-bond acceptors (Lipinski definition) is 5. The average Bonchev–Trinajstić information content (AvgIpc) is 3.25. The standard InChI is InChI=1S/C16H17N3O3S/c1-8-7-23-15(17-8)13(10-3-4-10)19-14(20)12-6-5-11(16(21)22)9(2)18-12/h5-7,10,13H,3-4H2,1-2H3,(H,19,20)(H,21,22). The predicted octanol–water partition coefficient (Wildman–Crippen LogP) is 2.73. The SMILES string of the molecule is Cc1csc(C(NC(=O)c2ccc(C(=O)O)c(C)n2)C2CC2)n1. The number of carboxylic acids is 1. The molecule has 2 N–H and O–H groups in total. The number of pyridine rings is 1. The van der Waals surface area contributed by atoms with E-state index in [1.165, 1.54) is 12.1 Å². The number of carbonyl (C=O) groups excluding carboxylic acids is 1. The molecule has 0 radical (unpaired) electrons. The lowest BCUT2D eigenvalue weighted by molar-refractivity contribution is 0.0694. The Kier molecular flexibility index (Phi) is 4.12. The van der Waals surface area contributed by atoms with E-state index in [9.17, 15) is 9.59 Å². The van der Waals surface area contributed by atoms with Gasteiger partial charge in [0.1, 0.15) is 10.7 Å². The molecule has 1 fully saturated rings. The van der Waals surface area contributed by atoms with Crippen molar-refractivity contribution < 1.29 is 14.7 Å². The van der Waals surface area contributed by atoms with E-state index in [1.54, 1.807) is 18.3 Å². The van der Waals surface area contributed by atoms with E-state index in [1.807, 2.05) is 12.3 Å². The molecule has 1 atom stereocenters. The molecule has 0 bridgehead atoms. The van der Waals surface area contributed by atoms with Crippen LogP contribution in [0, 0.1) is 19.8 Å². The molecule has 23 heavy (non-hydrogen) atoms. The molecule has 0 aliphatic heterocycles. The van der Waals surface area contributed by atoms with Crippen LogP contribution in [0.4, 0.5) is 0 Å². The lowest BCUT2D eigenvalue weighted by atomic mass is 10.1. The highest BCUT2D eigenvalue weighted by molar-refractivity contribution is 7.09. The molecule has 3 rings (SSSR count). The molecule has 1 saturated carbocycles. The first-order valence-electron chi connectivity index (χ1n) is 7.39. The second-order valence-corrected chi connectivity index (χ2v) is 6.64. The summed E-state index contributed by atoms with van der Waals surface area (Å²) in [5, 5.41) is 14.9. The molecule has 0 spiro atoms. The highest BCUT2D eigenvalue weighted by Gasteiger charge is 2.35. The van der Waals surface area contributed by atoms with Crippen molar-refractivity contribution in [3.05, 3.63) is 45.2 Å². The largest absolute Gasteiger partial charge is 0.478 e. The van der Waals surface area contributed by atoms with Gasteiger partial charge < -0.3 is 10.4 Å². The molecular formula is C16H17N3O3S. The molecule has 120 valence electrons. The van der Waals surface area contributed by atoms with Crippen molar-refractivity contribution in [2.45, 2.75) is 32.7 Å². The number of nitrogens with zero attached hydrogens (tertiary/aromatic N) is 2. The van der Waals surface area contributed by atoms with E-state index in [-0.39, 0.29) is 23.2 Å². The second kappa shape index (κ2) is 6.08. The number of hydrogen-bond donors (Lipinski definition) is 2. The summed E-state index contributed by atoms with van der Waals surface area (Å²) in [7, 11) is 0. The number of nitrogens with one attached hydrogen (secondary N) is 1. The number of aryl methyl sites for hydroxylation is 2. The minimum Gasteiger partial charge on any atom is -0.478 e. The number of carbonyl (C=O) groups is 2. The lowest BCUT2D eigenvalue weighted by Gasteiger charge is -2.16. The maximum Gasteiger partial charge on any atom is 0.337 e. The van der Waals surface area contributed by atoms with Gasteiger partial charge in [-0.15, -0.1) is 11.3 Å². The Hall–Kier alpha value is -2.28. The van der Waals surface area contributed by atoms with E-state index in [2.05, 4.69) is 15.3 Å². The fourth-order valence-electron chi connectivity index (χ4n) is 2.45. The van der Waals surface area contributed by atoms with Gasteiger partial charge in [-0.25, -0.2) is 14.8 Å². The molecule has 2 heterocycles. The van der Waals surface area contributed by atoms with Crippen LogP contribution < -0.4 is 5.32 Å². The highest BCUT2D eigenvalue weighted by Crippen LogP contribution is 2.41. The summed E-state index contributed by atoms with van der Waals surface area (Å²) in [4.78, 5) is 32.1. The molecule has 1 amide bonds. The summed E-state index contributed by atoms with van der Waals surface area (Å²) in [6.45, 7) is 3.52. The molecule has 7 heteroatoms. The van der Waals surface area contributed by atoms with Crippen molar-refractivity contribution in [3.8, 4) is 0 Å². The summed E-state index contributed by atoms with van der Waals surface area (Å²) >= 11 is 1.55. The number of thiazole rings is 1. The van der Waals surface area contributed by atoms with Crippen molar-refractivity contribution in [3.63, 3.8) is 0 Å². The van der Waals surface area contributed by atoms with Crippen LogP contribution in [0.5, 0.6) is 0 Å². The van der Waals surface area contributed by atoms with E-state index < -0.39 is 5.97 Å². The predicted molar refractivity (Wildman–Crippen MR) is 85.7 cm³/mol. The second-order valence-electron chi connectivity index (χ2n) is 5.75. The van der Waals surface area contributed by atoms with Gasteiger partial charge in [-0.1, -0.05) is 0 Å². The van der Waals surface area contributed by atoms with Gasteiger partial charge in [0.05, 0.1) is 17.3 Å². The van der Waals surface area contributed by atoms with Crippen LogP contribution in [-0.4, -0.2) is 27.0 Å². The Labute approximate surface area is 137 Å². The van der Waals surface area contributed by atoms with E-state index in [0.717, 1.165) is 23.5 Å². The zero-order valence-corrected chi connectivity index (χ0v) is 13.7. The van der Waals surface area contributed by atoms with Gasteiger partial charge in [-0.2, -0.15) is 0 Å². The van der Waals surface area contributed by atoms with Gasteiger partial charge in [0.15, 0.2) is 0 Å². The smallest absolute Gasteiger partial charge is 0.337 e. The van der Waals surface area contributed by atoms with Gasteiger partial charge in [0.25, 0.3) is 5.91 Å². The molecule has 0 aromatic carbocycles. The fraction of sp³-hybridized carbons (Fsp3) is 0.375. The molecule has 1 aliphatic rings. The lowest BCUT2D eigenvalue weighted by Crippen LogP contribution is -2.30. The summed E-state index contributed by atoms with van der Waals surface area (Å²) < 4.78 is 0. The normalized spacial score (nSPS) is 15.2. The molecule has 1 unspecified atom stereocenters. The molecular weight excluding hydrogens is 314 g/mol. The monoisotopic (exact) mass is 331 g/mol. The van der Waals surface area contributed by atoms with Crippen LogP contribution >= 0.6 is 11.3 Å². The molecule has 6 nitrogen and oxygen atoms in total.